The molecule has 0 spiro atoms. The van der Waals surface area contributed by atoms with Gasteiger partial charge in [-0.15, -0.1) is 0 Å². The van der Waals surface area contributed by atoms with Crippen molar-refractivity contribution in [1.29, 1.82) is 0 Å². The summed E-state index contributed by atoms with van der Waals surface area (Å²) < 4.78 is 13.5. The van der Waals surface area contributed by atoms with Crippen LogP contribution in [0.25, 0.3) is 0 Å². The minimum absolute atomic E-state index is 0.102. The standard InChI is InChI=1S/C7H5BrFNO2S/c8-4-1-5(9)7(10-2-4)13-3-6(11)12/h1-2H,3H2,(H,11,12). The molecule has 0 saturated carbocycles. The number of aromatic nitrogens is 1. The van der Waals surface area contributed by atoms with Gasteiger partial charge < -0.3 is 5.11 Å². The van der Waals surface area contributed by atoms with Gasteiger partial charge in [0, 0.05) is 10.7 Å². The number of carboxylic acids is 1. The largest absolute Gasteiger partial charge is 0.481 e. The van der Waals surface area contributed by atoms with E-state index < -0.39 is 11.8 Å². The second-order valence-corrected chi connectivity index (χ2v) is 4.00. The molecule has 0 fully saturated rings. The van der Waals surface area contributed by atoms with Gasteiger partial charge >= 0.3 is 5.97 Å². The fraction of sp³-hybridized carbons (Fsp3) is 0.143. The zero-order valence-electron chi connectivity index (χ0n) is 6.33. The first-order valence-electron chi connectivity index (χ1n) is 3.25. The number of halogens is 2. The third-order valence-electron chi connectivity index (χ3n) is 1.11. The highest BCUT2D eigenvalue weighted by Crippen LogP contribution is 2.21. The highest BCUT2D eigenvalue weighted by atomic mass is 79.9. The van der Waals surface area contributed by atoms with Gasteiger partial charge in [-0.25, -0.2) is 9.37 Å². The Labute approximate surface area is 86.5 Å². The normalized spacial score (nSPS) is 10.0. The van der Waals surface area contributed by atoms with Crippen LogP contribution in [0.3, 0.4) is 0 Å². The van der Waals surface area contributed by atoms with E-state index in [0.29, 0.717) is 4.47 Å². The number of nitrogens with zero attached hydrogens (tertiary/aromatic N) is 1. The van der Waals surface area contributed by atoms with Crippen molar-refractivity contribution in [2.75, 3.05) is 5.75 Å². The first-order valence-corrected chi connectivity index (χ1v) is 5.03. The highest BCUT2D eigenvalue weighted by Gasteiger charge is 2.07. The van der Waals surface area contributed by atoms with E-state index in [1.807, 2.05) is 0 Å². The summed E-state index contributed by atoms with van der Waals surface area (Å²) in [6, 6.07) is 1.25. The second kappa shape index (κ2) is 4.57. The van der Waals surface area contributed by atoms with Crippen molar-refractivity contribution in [3.63, 3.8) is 0 Å². The lowest BCUT2D eigenvalue weighted by atomic mass is 10.5. The first kappa shape index (κ1) is 10.5. The van der Waals surface area contributed by atoms with E-state index >= 15 is 0 Å². The first-order chi connectivity index (χ1) is 6.09. The Kier molecular flexibility index (Phi) is 3.68. The van der Waals surface area contributed by atoms with Crippen LogP contribution in [0.1, 0.15) is 0 Å². The number of carbonyl (C=O) groups is 1. The lowest BCUT2D eigenvalue weighted by molar-refractivity contribution is -0.133. The van der Waals surface area contributed by atoms with Crippen LogP contribution in [0.5, 0.6) is 0 Å². The molecule has 0 aliphatic carbocycles. The minimum Gasteiger partial charge on any atom is -0.481 e. The van der Waals surface area contributed by atoms with E-state index in [1.54, 1.807) is 0 Å². The van der Waals surface area contributed by atoms with Crippen molar-refractivity contribution in [2.45, 2.75) is 5.03 Å². The van der Waals surface area contributed by atoms with Gasteiger partial charge in [-0.05, 0) is 22.0 Å². The van der Waals surface area contributed by atoms with Crippen molar-refractivity contribution in [1.82, 2.24) is 4.98 Å². The number of pyridine rings is 1. The van der Waals surface area contributed by atoms with Gasteiger partial charge in [0.1, 0.15) is 5.03 Å². The summed E-state index contributed by atoms with van der Waals surface area (Å²) in [5.74, 6) is -1.69. The van der Waals surface area contributed by atoms with Crippen molar-refractivity contribution in [3.05, 3.63) is 22.6 Å². The molecular formula is C7H5BrFNO2S. The lowest BCUT2D eigenvalue weighted by Crippen LogP contribution is -1.99. The molecule has 1 rings (SSSR count). The molecule has 13 heavy (non-hydrogen) atoms. The summed E-state index contributed by atoms with van der Waals surface area (Å²) in [6.07, 6.45) is 1.42. The SMILES string of the molecule is O=C(O)CSc1ncc(Br)cc1F. The summed E-state index contributed by atoms with van der Waals surface area (Å²) in [5.41, 5.74) is 0. The maximum Gasteiger partial charge on any atom is 0.313 e. The summed E-state index contributed by atoms with van der Waals surface area (Å²) in [4.78, 5) is 13.9. The van der Waals surface area contributed by atoms with Crippen LogP contribution >= 0.6 is 27.7 Å². The van der Waals surface area contributed by atoms with Gasteiger partial charge in [-0.3, -0.25) is 4.79 Å². The molecule has 0 bridgehead atoms. The molecule has 0 unspecified atom stereocenters. The molecule has 0 atom stereocenters. The highest BCUT2D eigenvalue weighted by molar-refractivity contribution is 9.10. The Morgan fingerprint density at radius 2 is 2.46 bits per heavy atom. The van der Waals surface area contributed by atoms with Crippen LogP contribution in [0, 0.1) is 5.82 Å². The maximum absolute atomic E-state index is 13.0. The molecule has 0 aromatic carbocycles. The van der Waals surface area contributed by atoms with Gasteiger partial charge in [0.2, 0.25) is 0 Å². The number of carboxylic acid groups (broad SMARTS) is 1. The van der Waals surface area contributed by atoms with Gasteiger partial charge in [0.15, 0.2) is 5.82 Å². The molecule has 6 heteroatoms. The van der Waals surface area contributed by atoms with Gasteiger partial charge in [-0.1, -0.05) is 11.8 Å². The number of hydrogen-bond acceptors (Lipinski definition) is 3. The van der Waals surface area contributed by atoms with Crippen LogP contribution in [-0.2, 0) is 4.79 Å². The van der Waals surface area contributed by atoms with E-state index in [2.05, 4.69) is 20.9 Å². The van der Waals surface area contributed by atoms with Crippen LogP contribution in [0.4, 0.5) is 4.39 Å². The fourth-order valence-electron chi connectivity index (χ4n) is 0.638. The molecule has 1 aromatic rings. The average molecular weight is 266 g/mol. The number of aliphatic carboxylic acids is 1. The van der Waals surface area contributed by atoms with Gasteiger partial charge in [-0.2, -0.15) is 0 Å². The minimum atomic E-state index is -0.992. The third kappa shape index (κ3) is 3.31. The topological polar surface area (TPSA) is 50.2 Å². The number of rotatable bonds is 3. The van der Waals surface area contributed by atoms with Crippen molar-refractivity contribution in [2.24, 2.45) is 0 Å². The Morgan fingerprint density at radius 3 is 3.00 bits per heavy atom. The number of hydrogen-bond donors (Lipinski definition) is 1. The van der Waals surface area contributed by atoms with Crippen molar-refractivity contribution < 1.29 is 14.3 Å². The molecule has 1 aromatic heterocycles. The predicted octanol–water partition coefficient (Wildman–Crippen LogP) is 2.16. The van der Waals surface area contributed by atoms with E-state index in [-0.39, 0.29) is 10.8 Å². The van der Waals surface area contributed by atoms with Gasteiger partial charge in [0.25, 0.3) is 0 Å². The Hall–Kier alpha value is -0.620. The smallest absolute Gasteiger partial charge is 0.313 e. The molecule has 70 valence electrons. The molecule has 0 amide bonds. The summed E-state index contributed by atoms with van der Waals surface area (Å²) in [6.45, 7) is 0. The zero-order chi connectivity index (χ0) is 9.84. The molecule has 0 radical (unpaired) electrons. The Balaban J connectivity index is 2.72. The summed E-state index contributed by atoms with van der Waals surface area (Å²) in [7, 11) is 0. The second-order valence-electron chi connectivity index (χ2n) is 2.12. The lowest BCUT2D eigenvalue weighted by Gasteiger charge is -1.99. The molecule has 1 heterocycles. The van der Waals surface area contributed by atoms with E-state index in [1.165, 1.54) is 12.3 Å². The molecular weight excluding hydrogens is 261 g/mol. The zero-order valence-corrected chi connectivity index (χ0v) is 8.73. The van der Waals surface area contributed by atoms with Crippen molar-refractivity contribution in [3.8, 4) is 0 Å². The van der Waals surface area contributed by atoms with Gasteiger partial charge in [0.05, 0.1) is 5.75 Å². The molecule has 1 N–H and O–H groups in total. The summed E-state index contributed by atoms with van der Waals surface area (Å²) in [5, 5.41) is 8.44. The van der Waals surface area contributed by atoms with E-state index in [0.717, 1.165) is 11.8 Å². The van der Waals surface area contributed by atoms with Crippen LogP contribution in [0.15, 0.2) is 21.8 Å². The van der Waals surface area contributed by atoms with E-state index in [9.17, 15) is 9.18 Å². The summed E-state index contributed by atoms with van der Waals surface area (Å²) >= 11 is 3.91. The third-order valence-corrected chi connectivity index (χ3v) is 2.51. The fourth-order valence-corrected chi connectivity index (χ4v) is 1.53. The monoisotopic (exact) mass is 265 g/mol. The molecule has 0 saturated heterocycles. The van der Waals surface area contributed by atoms with Crippen LogP contribution in [0.2, 0.25) is 0 Å². The van der Waals surface area contributed by atoms with E-state index in [4.69, 9.17) is 5.11 Å². The molecule has 3 nitrogen and oxygen atoms in total. The average Bonchev–Trinajstić information content (AvgIpc) is 2.02. The molecule has 0 aliphatic heterocycles. The Morgan fingerprint density at radius 1 is 1.77 bits per heavy atom. The molecule has 0 aliphatic rings. The van der Waals surface area contributed by atoms with Crippen LogP contribution < -0.4 is 0 Å². The number of thioether (sulfide) groups is 1. The van der Waals surface area contributed by atoms with Crippen molar-refractivity contribution >= 4 is 33.7 Å². The predicted molar refractivity (Wildman–Crippen MR) is 50.3 cm³/mol. The Bertz CT molecular complexity index is 334. The maximum atomic E-state index is 13.0. The van der Waals surface area contributed by atoms with Crippen LogP contribution in [-0.4, -0.2) is 21.8 Å². The quantitative estimate of drug-likeness (QED) is 0.852.